The van der Waals surface area contributed by atoms with E-state index in [1.54, 1.807) is 29.2 Å². The number of nitrogens with zero attached hydrogens (tertiary/aromatic N) is 2. The van der Waals surface area contributed by atoms with Crippen molar-refractivity contribution in [2.24, 2.45) is 4.99 Å². The Morgan fingerprint density at radius 3 is 2.71 bits per heavy atom. The number of carbonyl (C=O) groups is 3. The summed E-state index contributed by atoms with van der Waals surface area (Å²) in [4.78, 5) is 42.9. The van der Waals surface area contributed by atoms with Crippen LogP contribution in [0.3, 0.4) is 0 Å². The molecule has 1 atom stereocenters. The molecule has 1 fully saturated rings. The third-order valence-electron chi connectivity index (χ3n) is 5.41. The Morgan fingerprint density at radius 1 is 1.26 bits per heavy atom. The first-order valence-electron chi connectivity index (χ1n) is 9.88. The van der Waals surface area contributed by atoms with Crippen LogP contribution < -0.4 is 10.6 Å². The molecule has 158 valence electrons. The molecule has 2 aromatic carbocycles. The Bertz CT molecular complexity index is 1120. The number of hydrogen-bond acceptors (Lipinski definition) is 5. The van der Waals surface area contributed by atoms with Crippen molar-refractivity contribution in [2.75, 3.05) is 0 Å². The lowest BCUT2D eigenvalue weighted by Crippen LogP contribution is -2.53. The van der Waals surface area contributed by atoms with Gasteiger partial charge in [-0.2, -0.15) is 0 Å². The van der Waals surface area contributed by atoms with Crippen LogP contribution in [0.5, 0.6) is 0 Å². The van der Waals surface area contributed by atoms with Gasteiger partial charge in [0.05, 0.1) is 5.69 Å². The van der Waals surface area contributed by atoms with E-state index in [-0.39, 0.29) is 30.7 Å². The maximum atomic E-state index is 12.5. The Balaban J connectivity index is 1.59. The molecule has 4 rings (SSSR count). The van der Waals surface area contributed by atoms with Gasteiger partial charge < -0.3 is 10.2 Å². The lowest BCUT2D eigenvalue weighted by Gasteiger charge is -2.38. The van der Waals surface area contributed by atoms with Gasteiger partial charge in [0.15, 0.2) is 0 Å². The molecule has 0 saturated carbocycles. The largest absolute Gasteiger partial charge is 0.348 e. The minimum atomic E-state index is -0.557. The SMILES string of the molecule is C=C1c2c(CNC(=O)c3ccc(Cl)cc3)cccc2N=C(C)N1C1CCC(=O)NC1=O. The van der Waals surface area contributed by atoms with Gasteiger partial charge in [-0.3, -0.25) is 19.7 Å². The molecule has 0 aliphatic carbocycles. The highest BCUT2D eigenvalue weighted by atomic mass is 35.5. The van der Waals surface area contributed by atoms with Gasteiger partial charge >= 0.3 is 0 Å². The number of fused-ring (bicyclic) bond motifs is 1. The molecule has 8 heteroatoms. The molecule has 0 aromatic heterocycles. The lowest BCUT2D eigenvalue weighted by molar-refractivity contribution is -0.135. The van der Waals surface area contributed by atoms with Crippen molar-refractivity contribution in [3.63, 3.8) is 0 Å². The molecule has 0 spiro atoms. The van der Waals surface area contributed by atoms with Crippen LogP contribution in [0.15, 0.2) is 54.0 Å². The average molecular weight is 437 g/mol. The number of imide groups is 1. The van der Waals surface area contributed by atoms with E-state index in [1.165, 1.54) is 0 Å². The number of hydrogen-bond donors (Lipinski definition) is 2. The Morgan fingerprint density at radius 2 is 2.00 bits per heavy atom. The van der Waals surface area contributed by atoms with Crippen molar-refractivity contribution in [3.05, 3.63) is 70.8 Å². The first-order chi connectivity index (χ1) is 14.8. The number of amides is 3. The molecule has 7 nitrogen and oxygen atoms in total. The number of halogens is 1. The number of benzene rings is 2. The van der Waals surface area contributed by atoms with Crippen LogP contribution in [0, 0.1) is 0 Å². The van der Waals surface area contributed by atoms with Crippen LogP contribution in [0.4, 0.5) is 5.69 Å². The monoisotopic (exact) mass is 436 g/mol. The van der Waals surface area contributed by atoms with Crippen LogP contribution in [-0.2, 0) is 16.1 Å². The lowest BCUT2D eigenvalue weighted by atomic mass is 9.96. The van der Waals surface area contributed by atoms with Crippen molar-refractivity contribution in [2.45, 2.75) is 32.4 Å². The maximum absolute atomic E-state index is 12.5. The molecule has 3 amide bonds. The predicted octanol–water partition coefficient (Wildman–Crippen LogP) is 3.41. The van der Waals surface area contributed by atoms with Crippen molar-refractivity contribution in [3.8, 4) is 0 Å². The maximum Gasteiger partial charge on any atom is 0.251 e. The number of carbonyl (C=O) groups excluding carboxylic acids is 3. The van der Waals surface area contributed by atoms with Crippen molar-refractivity contribution in [1.82, 2.24) is 15.5 Å². The molecule has 1 saturated heterocycles. The molecule has 31 heavy (non-hydrogen) atoms. The number of amidine groups is 1. The minimum Gasteiger partial charge on any atom is -0.348 e. The fraction of sp³-hybridized carbons (Fsp3) is 0.217. The summed E-state index contributed by atoms with van der Waals surface area (Å²) in [5, 5.41) is 5.86. The normalized spacial score (nSPS) is 18.3. The van der Waals surface area contributed by atoms with Crippen LogP contribution in [-0.4, -0.2) is 34.5 Å². The van der Waals surface area contributed by atoms with Gasteiger partial charge in [-0.25, -0.2) is 4.99 Å². The van der Waals surface area contributed by atoms with Gasteiger partial charge in [0.2, 0.25) is 11.8 Å². The summed E-state index contributed by atoms with van der Waals surface area (Å²) in [6, 6.07) is 11.7. The third-order valence-corrected chi connectivity index (χ3v) is 5.66. The molecule has 0 bridgehead atoms. The summed E-state index contributed by atoms with van der Waals surface area (Å²) in [5.74, 6) is -0.222. The summed E-state index contributed by atoms with van der Waals surface area (Å²) >= 11 is 5.89. The first kappa shape index (κ1) is 20.8. The van der Waals surface area contributed by atoms with E-state index >= 15 is 0 Å². The topological polar surface area (TPSA) is 90.9 Å². The highest BCUT2D eigenvalue weighted by molar-refractivity contribution is 6.30. The number of nitrogens with one attached hydrogen (secondary N) is 2. The summed E-state index contributed by atoms with van der Waals surface area (Å²) in [6.07, 6.45) is 0.653. The van der Waals surface area contributed by atoms with Crippen molar-refractivity contribution < 1.29 is 14.4 Å². The zero-order chi connectivity index (χ0) is 22.1. The molecule has 2 N–H and O–H groups in total. The number of rotatable bonds is 4. The van der Waals surface area contributed by atoms with E-state index in [4.69, 9.17) is 11.6 Å². The van der Waals surface area contributed by atoms with E-state index in [9.17, 15) is 14.4 Å². The zero-order valence-corrected chi connectivity index (χ0v) is 17.7. The molecule has 2 heterocycles. The van der Waals surface area contributed by atoms with Crippen LogP contribution in [0.2, 0.25) is 5.02 Å². The van der Waals surface area contributed by atoms with Gasteiger partial charge in [0.1, 0.15) is 11.9 Å². The summed E-state index contributed by atoms with van der Waals surface area (Å²) < 4.78 is 0. The molecular weight excluding hydrogens is 416 g/mol. The molecule has 1 unspecified atom stereocenters. The summed E-state index contributed by atoms with van der Waals surface area (Å²) in [7, 11) is 0. The van der Waals surface area contributed by atoms with Crippen LogP contribution in [0.1, 0.15) is 41.3 Å². The second-order valence-electron chi connectivity index (χ2n) is 7.44. The van der Waals surface area contributed by atoms with Crippen molar-refractivity contribution in [1.29, 1.82) is 0 Å². The van der Waals surface area contributed by atoms with Crippen molar-refractivity contribution >= 4 is 46.5 Å². The zero-order valence-electron chi connectivity index (χ0n) is 16.9. The fourth-order valence-electron chi connectivity index (χ4n) is 3.93. The predicted molar refractivity (Wildman–Crippen MR) is 119 cm³/mol. The summed E-state index contributed by atoms with van der Waals surface area (Å²) in [5.41, 5.74) is 3.46. The van der Waals surface area contributed by atoms with E-state index in [0.717, 1.165) is 16.8 Å². The minimum absolute atomic E-state index is 0.225. The van der Waals surface area contributed by atoms with Crippen LogP contribution >= 0.6 is 11.6 Å². The fourth-order valence-corrected chi connectivity index (χ4v) is 4.05. The van der Waals surface area contributed by atoms with E-state index in [2.05, 4.69) is 22.2 Å². The highest BCUT2D eigenvalue weighted by Gasteiger charge is 2.36. The standard InChI is InChI=1S/C23H21ClN4O3/c1-13-21-16(12-25-22(30)15-6-8-17(24)9-7-15)4-3-5-18(21)26-14(2)28(13)19-10-11-20(29)27-23(19)31/h3-9,19H,1,10-12H2,2H3,(H,25,30)(H,27,29,31). The van der Waals surface area contributed by atoms with Crippen LogP contribution in [0.25, 0.3) is 5.70 Å². The average Bonchev–Trinajstić information content (AvgIpc) is 2.73. The molecule has 2 aromatic rings. The molecule has 2 aliphatic rings. The molecule has 0 radical (unpaired) electrons. The van der Waals surface area contributed by atoms with E-state index in [0.29, 0.717) is 28.5 Å². The third kappa shape index (κ3) is 4.09. The second kappa shape index (κ2) is 8.35. The van der Waals surface area contributed by atoms with E-state index in [1.807, 2.05) is 25.1 Å². The van der Waals surface area contributed by atoms with Gasteiger partial charge in [0.25, 0.3) is 5.91 Å². The van der Waals surface area contributed by atoms with Gasteiger partial charge in [-0.05, 0) is 49.2 Å². The Hall–Kier alpha value is -3.45. The van der Waals surface area contributed by atoms with Gasteiger partial charge in [-0.1, -0.05) is 30.3 Å². The van der Waals surface area contributed by atoms with Gasteiger partial charge in [-0.15, -0.1) is 0 Å². The Labute approximate surface area is 184 Å². The van der Waals surface area contributed by atoms with E-state index < -0.39 is 6.04 Å². The van der Waals surface area contributed by atoms with Gasteiger partial charge in [0, 0.05) is 34.8 Å². The smallest absolute Gasteiger partial charge is 0.251 e. The highest BCUT2D eigenvalue weighted by Crippen LogP contribution is 2.38. The number of aliphatic imine (C=N–C) groups is 1. The molecule has 2 aliphatic heterocycles. The second-order valence-corrected chi connectivity index (χ2v) is 7.88. The first-order valence-corrected chi connectivity index (χ1v) is 10.3. The number of piperidine rings is 1. The quantitative estimate of drug-likeness (QED) is 0.718. The molecular formula is C23H21ClN4O3. The Kier molecular flexibility index (Phi) is 5.61. The summed E-state index contributed by atoms with van der Waals surface area (Å²) in [6.45, 7) is 6.30.